The number of pyridine rings is 2. The summed E-state index contributed by atoms with van der Waals surface area (Å²) >= 11 is 0. The van der Waals surface area contributed by atoms with Crippen LogP contribution >= 0.6 is 0 Å². The molecule has 0 aliphatic carbocycles. The topological polar surface area (TPSA) is 365 Å². The second kappa shape index (κ2) is 38.0. The molecule has 31 heteroatoms. The fraction of sp³-hybridized carbons (Fsp3) is 0.120. The summed E-state index contributed by atoms with van der Waals surface area (Å²) in [6, 6.07) is 56.3. The number of hydrogen-bond acceptors (Lipinski definition) is 29. The van der Waals surface area contributed by atoms with Gasteiger partial charge in [-0.1, -0.05) is 47.9 Å². The SMILES string of the molecule is COc1ccc2c(c1)CN(c1nccc(-c3nccc(C#Cc4ccc5[nH]ncc5c4)n3)n1)C2.COc1ccc2c(c1)CN(c1nccc(-c3nccc(C#Cc4ccc5c(N)nccc5c4)n3)n1)C2.COc1ccc2c(c1)CN(c1nccc(-c3nccc(C#Cc4ccncc4)n3)n1)C2.COc1ccc2c(c1)CN(c1nccc(-c3nccc(C#Cc4cn[nH]c4)n3)n1)C2. The molecule has 6 aromatic carbocycles. The van der Waals surface area contributed by atoms with E-state index in [-0.39, 0.29) is 0 Å². The molecule has 0 bridgehead atoms. The first-order valence-corrected chi connectivity index (χ1v) is 41.3. The molecular weight excluding hydrogens is 1640 g/mol. The Balaban J connectivity index is 0.000000113. The maximum atomic E-state index is 5.95. The van der Waals surface area contributed by atoms with Crippen molar-refractivity contribution in [3.05, 3.63) is 352 Å². The number of nitrogens with one attached hydrogen (secondary N) is 2. The Morgan fingerprint density at radius 2 is 0.641 bits per heavy atom. The Hall–Kier alpha value is -18.4. The maximum Gasteiger partial charge on any atom is 0.226 e. The van der Waals surface area contributed by atoms with Gasteiger partial charge in [0, 0.05) is 154 Å². The zero-order chi connectivity index (χ0) is 88.8. The van der Waals surface area contributed by atoms with Crippen LogP contribution in [0.3, 0.4) is 0 Å². The van der Waals surface area contributed by atoms with Crippen LogP contribution < -0.4 is 44.3 Å². The molecule has 4 aliphatic heterocycles. The number of hydrogen-bond donors (Lipinski definition) is 3. The van der Waals surface area contributed by atoms with Gasteiger partial charge in [0.2, 0.25) is 23.8 Å². The molecule has 31 nitrogen and oxygen atoms in total. The van der Waals surface area contributed by atoms with Crippen molar-refractivity contribution in [1.82, 2.24) is 110 Å². The van der Waals surface area contributed by atoms with Gasteiger partial charge in [0.1, 0.15) is 74.4 Å². The minimum atomic E-state index is 0.501. The number of rotatable bonds is 12. The van der Waals surface area contributed by atoms with Crippen molar-refractivity contribution in [2.24, 2.45) is 0 Å². The maximum absolute atomic E-state index is 5.95. The van der Waals surface area contributed by atoms with Crippen LogP contribution in [0.5, 0.6) is 23.0 Å². The van der Waals surface area contributed by atoms with Crippen LogP contribution in [0.1, 0.15) is 89.5 Å². The number of nitrogens with zero attached hydrogens (tertiary/aromatic N) is 24. The van der Waals surface area contributed by atoms with Gasteiger partial charge in [-0.25, -0.2) is 84.7 Å². The second-order valence-corrected chi connectivity index (χ2v) is 30.0. The van der Waals surface area contributed by atoms with Crippen molar-refractivity contribution in [3.63, 3.8) is 0 Å². The zero-order valence-electron chi connectivity index (χ0n) is 70.9. The lowest BCUT2D eigenvalue weighted by molar-refractivity contribution is 0.414. The van der Waals surface area contributed by atoms with Crippen LogP contribution in [0.4, 0.5) is 29.6 Å². The molecule has 0 spiro atoms. The van der Waals surface area contributed by atoms with Gasteiger partial charge < -0.3 is 44.3 Å². The number of aromatic amines is 2. The molecule has 4 aliphatic rings. The number of anilines is 5. The van der Waals surface area contributed by atoms with E-state index in [1.807, 2.05) is 97.1 Å². The molecule has 16 heterocycles. The lowest BCUT2D eigenvalue weighted by atomic mass is 10.1. The smallest absolute Gasteiger partial charge is 0.226 e. The Bertz CT molecular complexity index is 7580. The van der Waals surface area contributed by atoms with Crippen molar-refractivity contribution >= 4 is 51.3 Å². The summed E-state index contributed by atoms with van der Waals surface area (Å²) in [7, 11) is 6.71. The molecule has 4 N–H and O–H groups in total. The number of benzene rings is 6. The van der Waals surface area contributed by atoms with Crippen LogP contribution in [-0.4, -0.2) is 139 Å². The number of nitrogen functional groups attached to an aromatic ring is 1. The van der Waals surface area contributed by atoms with Crippen molar-refractivity contribution in [1.29, 1.82) is 0 Å². The molecular formula is C100H75N27O4. The van der Waals surface area contributed by atoms with Crippen molar-refractivity contribution < 1.29 is 18.9 Å². The van der Waals surface area contributed by atoms with Gasteiger partial charge in [-0.15, -0.1) is 0 Å². The number of methoxy groups -OCH3 is 4. The van der Waals surface area contributed by atoms with Crippen molar-refractivity contribution in [2.75, 3.05) is 53.8 Å². The molecule has 0 fully saturated rings. The lowest BCUT2D eigenvalue weighted by Gasteiger charge is -2.15. The molecule has 0 atom stereocenters. The van der Waals surface area contributed by atoms with E-state index >= 15 is 0 Å². The molecule has 0 amide bonds. The van der Waals surface area contributed by atoms with Gasteiger partial charge in [0.25, 0.3) is 0 Å². The van der Waals surface area contributed by atoms with E-state index in [9.17, 15) is 0 Å². The summed E-state index contributed by atoms with van der Waals surface area (Å²) in [5, 5.41) is 16.5. The van der Waals surface area contributed by atoms with Gasteiger partial charge >= 0.3 is 0 Å². The second-order valence-electron chi connectivity index (χ2n) is 30.0. The average molecular weight is 1720 g/mol. The normalized spacial score (nSPS) is 12.2. The van der Waals surface area contributed by atoms with E-state index in [0.29, 0.717) is 98.5 Å². The molecule has 22 rings (SSSR count). The van der Waals surface area contributed by atoms with Crippen LogP contribution in [0, 0.1) is 47.4 Å². The highest BCUT2D eigenvalue weighted by Gasteiger charge is 2.28. The van der Waals surface area contributed by atoms with E-state index in [4.69, 9.17) is 44.6 Å². The molecule has 12 aromatic heterocycles. The molecule has 0 saturated carbocycles. The van der Waals surface area contributed by atoms with Crippen LogP contribution in [0.2, 0.25) is 0 Å². The number of aromatic nitrogens is 22. The van der Waals surface area contributed by atoms with E-state index in [1.54, 1.807) is 146 Å². The first-order valence-electron chi connectivity index (χ1n) is 41.3. The average Bonchev–Trinajstić information content (AvgIpc) is 1.68. The summed E-state index contributed by atoms with van der Waals surface area (Å²) in [5.74, 6) is 33.3. The summed E-state index contributed by atoms with van der Waals surface area (Å²) in [6.45, 7) is 5.89. The number of nitrogens with two attached hydrogens (primary N) is 1. The summed E-state index contributed by atoms with van der Waals surface area (Å²) in [6.07, 6.45) is 24.0. The molecule has 131 heavy (non-hydrogen) atoms. The molecule has 0 unspecified atom stereocenters. The third-order valence-corrected chi connectivity index (χ3v) is 21.5. The fourth-order valence-corrected chi connectivity index (χ4v) is 14.9. The summed E-state index contributed by atoms with van der Waals surface area (Å²) in [4.78, 5) is 89.3. The minimum absolute atomic E-state index is 0.501. The van der Waals surface area contributed by atoms with Crippen LogP contribution in [-0.2, 0) is 52.4 Å². The summed E-state index contributed by atoms with van der Waals surface area (Å²) < 4.78 is 21.4. The standard InChI is InChI=1S/C28H21N7O.C26H19N7O.C24H18N6O.C22H17N7O/c1-36-23-6-4-20-16-35(17-21(20)15-23)28-32-13-10-25(34-28)27-31-12-9-22(33-27)5-2-18-3-7-24-19(14-18)8-11-30-26(24)29;1-34-22-6-4-18-15-33(16-20(18)13-22)26-28-11-9-24(31-26)25-27-10-8-21(30-25)5-2-17-3-7-23-19(12-17)14-29-32-23;1-31-21-5-3-18-15-30(16-19(18)14-21)24-27-13-9-22(29-24)23-26-12-8-20(28-23)4-2-17-6-10-25-11-7-17;1-30-19-5-3-16-13-29(14-17(16)10-19)22-24-9-7-20(28-22)21-23-8-6-18(27-21)4-2-15-11-25-26-12-15/h3-4,6-15H,16-17H2,1H3,(H2,29,30);3-4,6-14H,15-16H2,1H3,(H,29,32);3,5-14H,15-16H2,1H3;3,5-12H,13-14H2,1H3,(H,25,26). The van der Waals surface area contributed by atoms with Gasteiger partial charge in [-0.2, -0.15) is 10.2 Å². The molecule has 634 valence electrons. The zero-order valence-corrected chi connectivity index (χ0v) is 70.9. The first kappa shape index (κ1) is 82.3. The Labute approximate surface area is 751 Å². The molecule has 0 saturated heterocycles. The number of fused-ring (bicyclic) bond motifs is 6. The number of H-pyrrole nitrogens is 2. The van der Waals surface area contributed by atoms with Crippen LogP contribution in [0.15, 0.2) is 263 Å². The minimum Gasteiger partial charge on any atom is -0.497 e. The molecule has 18 aromatic rings. The Kier molecular flexibility index (Phi) is 23.9. The van der Waals surface area contributed by atoms with Gasteiger partial charge in [0.05, 0.1) is 51.9 Å². The fourth-order valence-electron chi connectivity index (χ4n) is 14.9. The van der Waals surface area contributed by atoms with Gasteiger partial charge in [0.15, 0.2) is 23.3 Å². The third kappa shape index (κ3) is 19.5. The lowest BCUT2D eigenvalue weighted by Crippen LogP contribution is -2.17. The number of ether oxygens (including phenoxy) is 4. The van der Waals surface area contributed by atoms with E-state index in [0.717, 1.165) is 119 Å². The van der Waals surface area contributed by atoms with Crippen LogP contribution in [0.25, 0.3) is 67.7 Å². The predicted molar refractivity (Wildman–Crippen MR) is 493 cm³/mol. The monoisotopic (exact) mass is 1720 g/mol. The largest absolute Gasteiger partial charge is 0.497 e. The predicted octanol–water partition coefficient (Wildman–Crippen LogP) is 13.6. The highest BCUT2D eigenvalue weighted by Crippen LogP contribution is 2.35. The molecule has 0 radical (unpaired) electrons. The van der Waals surface area contributed by atoms with E-state index < -0.39 is 0 Å². The Morgan fingerprint density at radius 1 is 0.290 bits per heavy atom. The van der Waals surface area contributed by atoms with Gasteiger partial charge in [-0.05, 0) is 225 Å². The summed E-state index contributed by atoms with van der Waals surface area (Å²) in [5.41, 5.74) is 25.3. The quantitative estimate of drug-likeness (QED) is 0.0956. The third-order valence-electron chi connectivity index (χ3n) is 21.5. The van der Waals surface area contributed by atoms with Crippen molar-refractivity contribution in [3.8, 4) is 116 Å². The highest BCUT2D eigenvalue weighted by molar-refractivity contribution is 5.91. The van der Waals surface area contributed by atoms with E-state index in [2.05, 4.69) is 206 Å². The first-order chi connectivity index (χ1) is 64.5. The highest BCUT2D eigenvalue weighted by atomic mass is 16.5. The van der Waals surface area contributed by atoms with E-state index in [1.165, 1.54) is 44.5 Å². The van der Waals surface area contributed by atoms with Crippen molar-refractivity contribution in [2.45, 2.75) is 52.4 Å². The van der Waals surface area contributed by atoms with Gasteiger partial charge in [-0.3, -0.25) is 15.2 Å². The Morgan fingerprint density at radius 3 is 1.02 bits per heavy atom.